The summed E-state index contributed by atoms with van der Waals surface area (Å²) in [5.74, 6) is 0.695. The van der Waals surface area contributed by atoms with Crippen LogP contribution in [0.15, 0.2) is 0 Å². The summed E-state index contributed by atoms with van der Waals surface area (Å²) in [5, 5.41) is 0. The second-order valence-corrected chi connectivity index (χ2v) is 5.14. The Hall–Kier alpha value is -1.11. The number of rotatable bonds is 2. The van der Waals surface area contributed by atoms with Crippen LogP contribution in [0, 0.1) is 40.5 Å². The average molecular weight is 216 g/mol. The number of hydrogen-bond donors (Lipinski definition) is 0. The molecule has 0 aliphatic heterocycles. The van der Waals surface area contributed by atoms with E-state index in [4.69, 9.17) is 0 Å². The van der Waals surface area contributed by atoms with Gasteiger partial charge >= 0.3 is 0 Å². The second kappa shape index (κ2) is 3.73. The number of hydrogen-bond acceptors (Lipinski definition) is 1. The highest BCUT2D eigenvalue weighted by molar-refractivity contribution is 6.02. The van der Waals surface area contributed by atoms with Gasteiger partial charge in [0, 0.05) is 11.5 Å². The molecule has 0 bridgehead atoms. The maximum Gasteiger partial charge on any atom is 0.166 e. The molecule has 1 heteroatoms. The summed E-state index contributed by atoms with van der Waals surface area (Å²) in [7, 11) is 0. The Labute approximate surface area is 97.9 Å². The first-order chi connectivity index (χ1) is 7.45. The van der Waals surface area contributed by atoms with E-state index >= 15 is 0 Å². The van der Waals surface area contributed by atoms with Gasteiger partial charge in [0.1, 0.15) is 0 Å². The van der Waals surface area contributed by atoms with Gasteiger partial charge in [-0.1, -0.05) is 0 Å². The summed E-state index contributed by atoms with van der Waals surface area (Å²) in [4.78, 5) is 12.3. The van der Waals surface area contributed by atoms with Gasteiger partial charge in [-0.15, -0.1) is 0 Å². The molecule has 1 aromatic carbocycles. The maximum atomic E-state index is 12.3. The zero-order valence-electron chi connectivity index (χ0n) is 10.9. The van der Waals surface area contributed by atoms with E-state index in [9.17, 15) is 4.79 Å². The van der Waals surface area contributed by atoms with E-state index in [1.165, 1.54) is 27.8 Å². The highest BCUT2D eigenvalue weighted by Crippen LogP contribution is 2.36. The number of Topliss-reactive ketones (excluding diaryl/α,β-unsaturated/α-hetero) is 1. The molecule has 0 heterocycles. The Balaban J connectivity index is 2.64. The summed E-state index contributed by atoms with van der Waals surface area (Å²) in [6, 6.07) is 0. The van der Waals surface area contributed by atoms with E-state index in [-0.39, 0.29) is 0 Å². The lowest BCUT2D eigenvalue weighted by Crippen LogP contribution is -2.10. The van der Waals surface area contributed by atoms with Crippen LogP contribution in [0.25, 0.3) is 0 Å². The minimum absolute atomic E-state index is 0.318. The summed E-state index contributed by atoms with van der Waals surface area (Å²) in [6.45, 7) is 10.6. The lowest BCUT2D eigenvalue weighted by atomic mass is 9.87. The number of carbonyl (C=O) groups is 1. The van der Waals surface area contributed by atoms with E-state index < -0.39 is 0 Å². The Morgan fingerprint density at radius 3 is 1.56 bits per heavy atom. The molecule has 0 N–H and O–H groups in total. The van der Waals surface area contributed by atoms with E-state index in [2.05, 4.69) is 34.6 Å². The zero-order chi connectivity index (χ0) is 12.0. The monoisotopic (exact) mass is 216 g/mol. The van der Waals surface area contributed by atoms with Crippen molar-refractivity contribution in [2.75, 3.05) is 0 Å². The SMILES string of the molecule is Cc1c(C)c(C)c(C(=O)C2CC2)c(C)c1C. The molecule has 0 atom stereocenters. The fourth-order valence-electron chi connectivity index (χ4n) is 2.42. The first-order valence-corrected chi connectivity index (χ1v) is 6.06. The van der Waals surface area contributed by atoms with Gasteiger partial charge in [0.15, 0.2) is 5.78 Å². The van der Waals surface area contributed by atoms with Crippen LogP contribution in [0.5, 0.6) is 0 Å². The fraction of sp³-hybridized carbons (Fsp3) is 0.533. The predicted molar refractivity (Wildman–Crippen MR) is 67.2 cm³/mol. The molecule has 1 fully saturated rings. The van der Waals surface area contributed by atoms with Crippen molar-refractivity contribution in [3.63, 3.8) is 0 Å². The molecule has 1 aromatic rings. The van der Waals surface area contributed by atoms with Gasteiger partial charge in [-0.3, -0.25) is 4.79 Å². The molecule has 1 aliphatic rings. The van der Waals surface area contributed by atoms with Crippen LogP contribution in [-0.4, -0.2) is 5.78 Å². The first kappa shape index (κ1) is 11.4. The van der Waals surface area contributed by atoms with E-state index in [0.717, 1.165) is 18.4 Å². The van der Waals surface area contributed by atoms with Crippen molar-refractivity contribution in [3.8, 4) is 0 Å². The molecule has 1 saturated carbocycles. The molecule has 86 valence electrons. The molecule has 0 amide bonds. The van der Waals surface area contributed by atoms with Crippen molar-refractivity contribution >= 4 is 5.78 Å². The highest BCUT2D eigenvalue weighted by atomic mass is 16.1. The lowest BCUT2D eigenvalue weighted by molar-refractivity contribution is 0.0966. The van der Waals surface area contributed by atoms with Crippen LogP contribution >= 0.6 is 0 Å². The van der Waals surface area contributed by atoms with E-state index in [1.807, 2.05) is 0 Å². The Bertz CT molecular complexity index is 436. The normalized spacial score (nSPS) is 15.3. The predicted octanol–water partition coefficient (Wildman–Crippen LogP) is 3.82. The van der Waals surface area contributed by atoms with Crippen LogP contribution in [0.2, 0.25) is 0 Å². The van der Waals surface area contributed by atoms with Crippen LogP contribution in [0.3, 0.4) is 0 Å². The van der Waals surface area contributed by atoms with Gasteiger partial charge in [-0.2, -0.15) is 0 Å². The van der Waals surface area contributed by atoms with Gasteiger partial charge in [-0.25, -0.2) is 0 Å². The molecule has 2 rings (SSSR count). The van der Waals surface area contributed by atoms with Crippen molar-refractivity contribution < 1.29 is 4.79 Å². The Kier molecular flexibility index (Phi) is 2.65. The van der Waals surface area contributed by atoms with Crippen LogP contribution in [0.1, 0.15) is 51.0 Å². The third-order valence-electron chi connectivity index (χ3n) is 4.19. The quantitative estimate of drug-likeness (QED) is 0.687. The highest BCUT2D eigenvalue weighted by Gasteiger charge is 2.32. The minimum Gasteiger partial charge on any atom is -0.294 e. The van der Waals surface area contributed by atoms with Gasteiger partial charge < -0.3 is 0 Å². The van der Waals surface area contributed by atoms with Gasteiger partial charge in [-0.05, 0) is 75.3 Å². The standard InChI is InChI=1S/C15H20O/c1-8-9(2)11(4)14(12(5)10(8)3)15(16)13-6-7-13/h13H,6-7H2,1-5H3. The first-order valence-electron chi connectivity index (χ1n) is 6.06. The van der Waals surface area contributed by atoms with Crippen molar-refractivity contribution in [2.45, 2.75) is 47.5 Å². The molecule has 16 heavy (non-hydrogen) atoms. The minimum atomic E-state index is 0.318. The van der Waals surface area contributed by atoms with Crippen molar-refractivity contribution in [1.29, 1.82) is 0 Å². The zero-order valence-corrected chi connectivity index (χ0v) is 10.9. The molecular weight excluding hydrogens is 196 g/mol. The van der Waals surface area contributed by atoms with E-state index in [1.54, 1.807) is 0 Å². The number of benzene rings is 1. The smallest absolute Gasteiger partial charge is 0.166 e. The van der Waals surface area contributed by atoms with Crippen molar-refractivity contribution in [1.82, 2.24) is 0 Å². The van der Waals surface area contributed by atoms with Crippen molar-refractivity contribution in [2.24, 2.45) is 5.92 Å². The molecule has 0 radical (unpaired) electrons. The van der Waals surface area contributed by atoms with Gasteiger partial charge in [0.2, 0.25) is 0 Å². The topological polar surface area (TPSA) is 17.1 Å². The molecule has 0 unspecified atom stereocenters. The van der Waals surface area contributed by atoms with E-state index in [0.29, 0.717) is 11.7 Å². The summed E-state index contributed by atoms with van der Waals surface area (Å²) in [6.07, 6.45) is 2.17. The molecule has 0 spiro atoms. The molecular formula is C15H20O. The maximum absolute atomic E-state index is 12.3. The number of ketones is 1. The molecule has 1 nitrogen and oxygen atoms in total. The lowest BCUT2D eigenvalue weighted by Gasteiger charge is -2.17. The fourth-order valence-corrected chi connectivity index (χ4v) is 2.42. The van der Waals surface area contributed by atoms with Crippen LogP contribution in [-0.2, 0) is 0 Å². The van der Waals surface area contributed by atoms with Crippen LogP contribution in [0.4, 0.5) is 0 Å². The molecule has 0 saturated heterocycles. The molecule has 1 aliphatic carbocycles. The summed E-state index contributed by atoms with van der Waals surface area (Å²) in [5.41, 5.74) is 7.29. The Morgan fingerprint density at radius 1 is 0.812 bits per heavy atom. The summed E-state index contributed by atoms with van der Waals surface area (Å²) < 4.78 is 0. The largest absolute Gasteiger partial charge is 0.294 e. The van der Waals surface area contributed by atoms with Crippen molar-refractivity contribution in [3.05, 3.63) is 33.4 Å². The average Bonchev–Trinajstić information content (AvgIpc) is 3.07. The molecule has 0 aromatic heterocycles. The van der Waals surface area contributed by atoms with Crippen LogP contribution < -0.4 is 0 Å². The number of carbonyl (C=O) groups excluding carboxylic acids is 1. The summed E-state index contributed by atoms with van der Waals surface area (Å²) >= 11 is 0. The Morgan fingerprint density at radius 2 is 1.19 bits per heavy atom. The third-order valence-corrected chi connectivity index (χ3v) is 4.19. The second-order valence-electron chi connectivity index (χ2n) is 5.14. The third kappa shape index (κ3) is 1.59. The van der Waals surface area contributed by atoms with Gasteiger partial charge in [0.05, 0.1) is 0 Å². The van der Waals surface area contributed by atoms with Gasteiger partial charge in [0.25, 0.3) is 0 Å².